The predicted molar refractivity (Wildman–Crippen MR) is 25.7 cm³/mol. The summed E-state index contributed by atoms with van der Waals surface area (Å²) in [6.45, 7) is 0. The molecule has 0 fully saturated rings. The molecule has 0 spiro atoms. The van der Waals surface area contributed by atoms with E-state index in [1.54, 1.807) is 0 Å². The number of amides is 1. The summed E-state index contributed by atoms with van der Waals surface area (Å²) >= 11 is 0. The molecular formula is CH6NO5P. The highest BCUT2D eigenvalue weighted by molar-refractivity contribution is 7.30. The molecule has 0 atom stereocenters. The topological polar surface area (TPSA) is 121 Å². The number of primary amides is 1. The molecular weight excluding hydrogens is 137 g/mol. The van der Waals surface area contributed by atoms with Gasteiger partial charge in [0.15, 0.2) is 0 Å². The van der Waals surface area contributed by atoms with Crippen LogP contribution in [0.4, 0.5) is 4.79 Å². The summed E-state index contributed by atoms with van der Waals surface area (Å²) in [6.07, 6.45) is -1.33. The molecule has 0 aromatic carbocycles. The van der Waals surface area contributed by atoms with Crippen molar-refractivity contribution in [1.82, 2.24) is 0 Å². The van der Waals surface area contributed by atoms with Crippen molar-refractivity contribution in [2.45, 2.75) is 0 Å². The molecule has 0 aromatic heterocycles. The number of hydrogen-bond donors (Lipinski definition) is 4. The van der Waals surface area contributed by atoms with Gasteiger partial charge in [-0.2, -0.15) is 0 Å². The molecule has 0 unspecified atom stereocenters. The molecule has 0 bridgehead atoms. The Labute approximate surface area is 45.5 Å². The Bertz CT molecular complexity index is 70.4. The van der Waals surface area contributed by atoms with Crippen LogP contribution in [-0.4, -0.2) is 21.0 Å². The molecule has 5 N–H and O–H groups in total. The third-order valence-electron chi connectivity index (χ3n) is 0. The van der Waals surface area contributed by atoms with Gasteiger partial charge < -0.3 is 20.6 Å². The number of hydrogen-bond acceptors (Lipinski definition) is 2. The van der Waals surface area contributed by atoms with Crippen molar-refractivity contribution in [3.63, 3.8) is 0 Å². The Kier molecular flexibility index (Phi) is 8.35. The van der Waals surface area contributed by atoms with Gasteiger partial charge in [-0.05, 0) is 0 Å². The lowest BCUT2D eigenvalue weighted by molar-refractivity contribution is 0.205. The zero-order valence-corrected chi connectivity index (χ0v) is 4.74. The first-order valence-corrected chi connectivity index (χ1v) is 2.67. The predicted octanol–water partition coefficient (Wildman–Crippen LogP) is -1.02. The van der Waals surface area contributed by atoms with Gasteiger partial charge in [-0.15, -0.1) is 0 Å². The minimum Gasteiger partial charge on any atom is -0.465 e. The maximum Gasteiger partial charge on any atom is 0.402 e. The number of carbonyl (C=O) groups is 1. The van der Waals surface area contributed by atoms with Gasteiger partial charge in [0.25, 0.3) is 0 Å². The highest BCUT2D eigenvalue weighted by Gasteiger charge is 1.65. The highest BCUT2D eigenvalue weighted by Crippen LogP contribution is 1.98. The summed E-state index contributed by atoms with van der Waals surface area (Å²) in [7, 11) is -3.13. The third-order valence-corrected chi connectivity index (χ3v) is 0. The van der Waals surface area contributed by atoms with Crippen molar-refractivity contribution >= 4 is 14.3 Å². The average molecular weight is 143 g/mol. The monoisotopic (exact) mass is 143 g/mol. The number of carboxylic acid groups (broad SMARTS) is 1. The van der Waals surface area contributed by atoms with Crippen LogP contribution in [0.5, 0.6) is 0 Å². The Morgan fingerprint density at radius 3 is 1.50 bits per heavy atom. The molecule has 0 aliphatic carbocycles. The molecule has 0 saturated heterocycles. The molecule has 6 nitrogen and oxygen atoms in total. The fourth-order valence-electron chi connectivity index (χ4n) is 0. The van der Waals surface area contributed by atoms with Gasteiger partial charge in [0, 0.05) is 0 Å². The Hall–Kier alpha value is -0.580. The van der Waals surface area contributed by atoms with Gasteiger partial charge in [-0.3, -0.25) is 4.57 Å². The fraction of sp³-hybridized carbons (Fsp3) is 0. The normalized spacial score (nSPS) is 7.38. The first-order chi connectivity index (χ1) is 3.46. The minimum atomic E-state index is -3.13. The maximum absolute atomic E-state index is 8.78. The fourth-order valence-corrected chi connectivity index (χ4v) is 0. The van der Waals surface area contributed by atoms with Crippen molar-refractivity contribution in [1.29, 1.82) is 0 Å². The lowest BCUT2D eigenvalue weighted by Gasteiger charge is -1.61. The number of rotatable bonds is 0. The molecule has 0 saturated carbocycles. The molecule has 0 heterocycles. The lowest BCUT2D eigenvalue weighted by atomic mass is 11.3. The Morgan fingerprint density at radius 2 is 1.50 bits per heavy atom. The quantitative estimate of drug-likeness (QED) is 0.323. The zero-order chi connectivity index (χ0) is 7.15. The van der Waals surface area contributed by atoms with Gasteiger partial charge in [0.2, 0.25) is 0 Å². The van der Waals surface area contributed by atoms with Crippen molar-refractivity contribution in [2.75, 3.05) is 0 Å². The van der Waals surface area contributed by atoms with Crippen molar-refractivity contribution in [2.24, 2.45) is 5.73 Å². The summed E-state index contributed by atoms with van der Waals surface area (Å²) in [5.74, 6) is 0. The highest BCUT2D eigenvalue weighted by atomic mass is 31.1. The number of nitrogens with two attached hydrogens (primary N) is 1. The SMILES string of the molecule is NC(=O)O.O=[PH](O)O. The van der Waals surface area contributed by atoms with Gasteiger partial charge in [0.05, 0.1) is 0 Å². The van der Waals surface area contributed by atoms with Crippen LogP contribution in [0.1, 0.15) is 0 Å². The van der Waals surface area contributed by atoms with Crippen molar-refractivity contribution in [3.05, 3.63) is 0 Å². The molecule has 0 radical (unpaired) electrons. The van der Waals surface area contributed by atoms with Crippen molar-refractivity contribution < 1.29 is 24.3 Å². The van der Waals surface area contributed by atoms with E-state index in [9.17, 15) is 0 Å². The Morgan fingerprint density at radius 1 is 1.50 bits per heavy atom. The van der Waals surface area contributed by atoms with Crippen LogP contribution in [0.3, 0.4) is 0 Å². The minimum absolute atomic E-state index is 1.33. The molecule has 50 valence electrons. The van der Waals surface area contributed by atoms with Crippen LogP contribution >= 0.6 is 8.25 Å². The molecule has 7 heteroatoms. The van der Waals surface area contributed by atoms with Crippen LogP contribution in [0.25, 0.3) is 0 Å². The van der Waals surface area contributed by atoms with E-state index in [0.717, 1.165) is 0 Å². The van der Waals surface area contributed by atoms with E-state index in [0.29, 0.717) is 0 Å². The van der Waals surface area contributed by atoms with Crippen LogP contribution in [0, 0.1) is 0 Å². The molecule has 0 rings (SSSR count). The second-order valence-corrected chi connectivity index (χ2v) is 1.19. The summed E-state index contributed by atoms with van der Waals surface area (Å²) < 4.78 is 8.74. The average Bonchev–Trinajstić information content (AvgIpc) is 1.25. The van der Waals surface area contributed by atoms with Gasteiger partial charge in [0.1, 0.15) is 0 Å². The van der Waals surface area contributed by atoms with Gasteiger partial charge in [-0.1, -0.05) is 0 Å². The van der Waals surface area contributed by atoms with Crippen LogP contribution in [-0.2, 0) is 4.57 Å². The van der Waals surface area contributed by atoms with Crippen LogP contribution < -0.4 is 5.73 Å². The van der Waals surface area contributed by atoms with E-state index in [-0.39, 0.29) is 0 Å². The van der Waals surface area contributed by atoms with Crippen LogP contribution in [0.2, 0.25) is 0 Å². The third kappa shape index (κ3) is 315. The Balaban J connectivity index is 0. The lowest BCUT2D eigenvalue weighted by Crippen LogP contribution is -2.03. The van der Waals surface area contributed by atoms with E-state index in [1.165, 1.54) is 0 Å². The van der Waals surface area contributed by atoms with E-state index in [4.69, 9.17) is 24.3 Å². The second kappa shape index (κ2) is 6.42. The smallest absolute Gasteiger partial charge is 0.402 e. The standard InChI is InChI=1S/CH3NO2.H3O3P/c2-1(3)4;1-4(2)3/h2H2,(H,3,4);4H,(H2,1,2,3). The summed E-state index contributed by atoms with van der Waals surface area (Å²) in [6, 6.07) is 0. The van der Waals surface area contributed by atoms with Crippen molar-refractivity contribution in [3.8, 4) is 0 Å². The van der Waals surface area contributed by atoms with E-state index < -0.39 is 14.3 Å². The molecule has 1 amide bonds. The first-order valence-electron chi connectivity index (χ1n) is 1.37. The second-order valence-electron chi connectivity index (χ2n) is 0.621. The summed E-state index contributed by atoms with van der Waals surface area (Å²) in [5.41, 5.74) is 4.03. The molecule has 0 aliphatic heterocycles. The van der Waals surface area contributed by atoms with E-state index in [2.05, 4.69) is 5.73 Å². The first kappa shape index (κ1) is 10.4. The molecule has 8 heavy (non-hydrogen) atoms. The largest absolute Gasteiger partial charge is 0.465 e. The molecule has 0 aliphatic rings. The molecule has 0 aromatic rings. The van der Waals surface area contributed by atoms with E-state index in [1.807, 2.05) is 0 Å². The maximum atomic E-state index is 8.78. The van der Waals surface area contributed by atoms with Gasteiger partial charge in [-0.25, -0.2) is 4.79 Å². The van der Waals surface area contributed by atoms with Crippen LogP contribution in [0.15, 0.2) is 0 Å². The summed E-state index contributed by atoms with van der Waals surface area (Å²) in [5, 5.41) is 7.19. The van der Waals surface area contributed by atoms with Gasteiger partial charge >= 0.3 is 14.3 Å². The summed E-state index contributed by atoms with van der Waals surface area (Å²) in [4.78, 5) is 23.1. The van der Waals surface area contributed by atoms with E-state index >= 15 is 0 Å². The zero-order valence-electron chi connectivity index (χ0n) is 3.74.